The van der Waals surface area contributed by atoms with Gasteiger partial charge in [0.05, 0.1) is 15.9 Å². The van der Waals surface area contributed by atoms with E-state index in [0.717, 1.165) is 40.1 Å². The Kier molecular flexibility index (Phi) is 4.14. The molecule has 0 spiro atoms. The molecule has 2 unspecified atom stereocenters. The normalized spacial score (nSPS) is 22.4. The van der Waals surface area contributed by atoms with E-state index in [4.69, 9.17) is 21.4 Å². The molecule has 0 saturated heterocycles. The van der Waals surface area contributed by atoms with E-state index in [0.29, 0.717) is 6.04 Å². The van der Waals surface area contributed by atoms with Crippen LogP contribution in [0, 0.1) is 0 Å². The number of hydrogen-bond acceptors (Lipinski definition) is 3. The largest absolute Gasteiger partial charge is 0.482 e. The van der Waals surface area contributed by atoms with Crippen molar-refractivity contribution in [2.24, 2.45) is 7.05 Å². The molecule has 0 saturated carbocycles. The summed E-state index contributed by atoms with van der Waals surface area (Å²) in [6.45, 7) is 0. The van der Waals surface area contributed by atoms with Gasteiger partial charge in [0, 0.05) is 35.7 Å². The van der Waals surface area contributed by atoms with Crippen molar-refractivity contribution in [3.8, 4) is 5.75 Å². The predicted molar refractivity (Wildman–Crippen MR) is 98.9 cm³/mol. The molecule has 2 aromatic rings. The van der Waals surface area contributed by atoms with Gasteiger partial charge in [0.25, 0.3) is 0 Å². The Labute approximate surface area is 155 Å². The summed E-state index contributed by atoms with van der Waals surface area (Å²) < 4.78 is 9.25. The molecule has 4 nitrogen and oxygen atoms in total. The summed E-state index contributed by atoms with van der Waals surface area (Å²) in [5.41, 5.74) is 5.00. The van der Waals surface area contributed by atoms with Crippen molar-refractivity contribution in [1.82, 2.24) is 14.7 Å². The first-order chi connectivity index (χ1) is 11.4. The molecule has 0 fully saturated rings. The first-order valence-corrected chi connectivity index (χ1v) is 9.46. The van der Waals surface area contributed by atoms with Gasteiger partial charge in [0.15, 0.2) is 0 Å². The third-order valence-electron chi connectivity index (χ3n) is 5.22. The first kappa shape index (κ1) is 16.4. The Morgan fingerprint density at radius 2 is 2.12 bits per heavy atom. The van der Waals surface area contributed by atoms with Gasteiger partial charge in [-0.25, -0.2) is 0 Å². The van der Waals surface area contributed by atoms with Crippen LogP contribution in [0.3, 0.4) is 0 Å². The maximum atomic E-state index is 6.30. The minimum atomic E-state index is 0.0110. The molecule has 0 N–H and O–H groups in total. The molecule has 2 atom stereocenters. The van der Waals surface area contributed by atoms with Gasteiger partial charge in [-0.15, -0.1) is 0 Å². The Hall–Kier alpha value is -1.04. The van der Waals surface area contributed by atoms with Crippen molar-refractivity contribution in [2.45, 2.75) is 37.8 Å². The van der Waals surface area contributed by atoms with Crippen LogP contribution < -0.4 is 4.74 Å². The van der Waals surface area contributed by atoms with Gasteiger partial charge in [0.1, 0.15) is 11.9 Å². The quantitative estimate of drug-likeness (QED) is 0.751. The van der Waals surface area contributed by atoms with E-state index >= 15 is 0 Å². The average molecular weight is 411 g/mol. The number of hydrogen-bond donors (Lipinski definition) is 0. The van der Waals surface area contributed by atoms with Gasteiger partial charge >= 0.3 is 0 Å². The summed E-state index contributed by atoms with van der Waals surface area (Å²) in [6, 6.07) is 4.47. The van der Waals surface area contributed by atoms with Gasteiger partial charge in [-0.1, -0.05) is 11.6 Å². The smallest absolute Gasteiger partial charge is 0.145 e. The number of aromatic nitrogens is 2. The molecule has 1 aromatic heterocycles. The molecule has 128 valence electrons. The van der Waals surface area contributed by atoms with Crippen molar-refractivity contribution in [2.75, 3.05) is 14.1 Å². The number of aryl methyl sites for hydroxylation is 2. The van der Waals surface area contributed by atoms with Gasteiger partial charge in [-0.3, -0.25) is 4.68 Å². The van der Waals surface area contributed by atoms with Crippen LogP contribution in [0.4, 0.5) is 0 Å². The van der Waals surface area contributed by atoms with Crippen molar-refractivity contribution >= 4 is 27.5 Å². The van der Waals surface area contributed by atoms with Gasteiger partial charge in [0.2, 0.25) is 0 Å². The van der Waals surface area contributed by atoms with E-state index in [1.54, 1.807) is 0 Å². The Morgan fingerprint density at radius 1 is 1.33 bits per heavy atom. The molecule has 24 heavy (non-hydrogen) atoms. The van der Waals surface area contributed by atoms with Crippen molar-refractivity contribution in [1.29, 1.82) is 0 Å². The fraction of sp³-hybridized carbons (Fsp3) is 0.500. The van der Waals surface area contributed by atoms with Crippen LogP contribution in [0.2, 0.25) is 5.02 Å². The number of likely N-dealkylation sites (N-methyl/N-ethyl adjacent to an activating group) is 1. The second-order valence-corrected chi connectivity index (χ2v) is 8.27. The van der Waals surface area contributed by atoms with E-state index in [2.05, 4.69) is 34.9 Å². The predicted octanol–water partition coefficient (Wildman–Crippen LogP) is 3.93. The Bertz CT molecular complexity index is 802. The maximum Gasteiger partial charge on any atom is 0.145 e. The van der Waals surface area contributed by atoms with Crippen LogP contribution >= 0.6 is 27.5 Å². The number of nitrogens with zero attached hydrogens (tertiary/aromatic N) is 3. The zero-order valence-electron chi connectivity index (χ0n) is 14.1. The minimum Gasteiger partial charge on any atom is -0.482 e. The second-order valence-electron chi connectivity index (χ2n) is 6.98. The second kappa shape index (κ2) is 6.04. The molecular formula is C18H21BrClN3O. The number of ether oxygens (including phenoxy) is 1. The molecule has 0 radical (unpaired) electrons. The van der Waals surface area contributed by atoms with Gasteiger partial charge in [-0.2, -0.15) is 5.10 Å². The molecule has 1 aliphatic carbocycles. The van der Waals surface area contributed by atoms with Crippen molar-refractivity contribution in [3.63, 3.8) is 0 Å². The summed E-state index contributed by atoms with van der Waals surface area (Å²) >= 11 is 9.77. The highest BCUT2D eigenvalue weighted by Crippen LogP contribution is 2.44. The lowest BCUT2D eigenvalue weighted by atomic mass is 9.89. The van der Waals surface area contributed by atoms with Crippen LogP contribution in [0.25, 0.3) is 0 Å². The Balaban J connectivity index is 1.70. The molecule has 0 amide bonds. The monoisotopic (exact) mass is 409 g/mol. The number of halogens is 2. The fourth-order valence-corrected chi connectivity index (χ4v) is 4.95. The van der Waals surface area contributed by atoms with Crippen LogP contribution in [-0.2, 0) is 26.3 Å². The maximum absolute atomic E-state index is 6.30. The van der Waals surface area contributed by atoms with Gasteiger partial charge < -0.3 is 9.64 Å². The van der Waals surface area contributed by atoms with E-state index < -0.39 is 0 Å². The summed E-state index contributed by atoms with van der Waals surface area (Å²) in [6.07, 6.45) is 4.11. The summed E-state index contributed by atoms with van der Waals surface area (Å²) in [7, 11) is 6.35. The van der Waals surface area contributed by atoms with E-state index in [-0.39, 0.29) is 6.10 Å². The zero-order valence-corrected chi connectivity index (χ0v) is 16.5. The SMILES string of the molecule is CN(C)C1CCc2nn(C)c(C3Cc4cc(Cl)cc(Br)c4O3)c2C1. The lowest BCUT2D eigenvalue weighted by molar-refractivity contribution is 0.221. The van der Waals surface area contributed by atoms with E-state index in [1.807, 2.05) is 23.9 Å². The van der Waals surface area contributed by atoms with Crippen molar-refractivity contribution in [3.05, 3.63) is 44.1 Å². The van der Waals surface area contributed by atoms with Crippen molar-refractivity contribution < 1.29 is 4.74 Å². The van der Waals surface area contributed by atoms with Crippen LogP contribution in [0.15, 0.2) is 16.6 Å². The summed E-state index contributed by atoms with van der Waals surface area (Å²) in [4.78, 5) is 2.32. The molecule has 2 aliphatic rings. The molecule has 2 heterocycles. The summed E-state index contributed by atoms with van der Waals surface area (Å²) in [5.74, 6) is 0.916. The van der Waals surface area contributed by atoms with Gasteiger partial charge in [-0.05, 0) is 61.4 Å². The number of rotatable bonds is 2. The third kappa shape index (κ3) is 2.67. The molecule has 1 aliphatic heterocycles. The molecule has 1 aromatic carbocycles. The van der Waals surface area contributed by atoms with E-state index in [9.17, 15) is 0 Å². The highest BCUT2D eigenvalue weighted by Gasteiger charge is 2.34. The lowest BCUT2D eigenvalue weighted by Gasteiger charge is -2.28. The summed E-state index contributed by atoms with van der Waals surface area (Å²) in [5, 5.41) is 5.51. The van der Waals surface area contributed by atoms with Crippen LogP contribution in [-0.4, -0.2) is 34.8 Å². The van der Waals surface area contributed by atoms with E-state index in [1.165, 1.54) is 23.4 Å². The molecule has 6 heteroatoms. The lowest BCUT2D eigenvalue weighted by Crippen LogP contribution is -2.33. The van der Waals surface area contributed by atoms with Crippen LogP contribution in [0.5, 0.6) is 5.75 Å². The van der Waals surface area contributed by atoms with Crippen LogP contribution in [0.1, 0.15) is 35.0 Å². The fourth-order valence-electron chi connectivity index (χ4n) is 3.98. The third-order valence-corrected chi connectivity index (χ3v) is 6.02. The molecule has 4 rings (SSSR count). The average Bonchev–Trinajstić information content (AvgIpc) is 3.05. The Morgan fingerprint density at radius 3 is 2.88 bits per heavy atom. The minimum absolute atomic E-state index is 0.0110. The number of benzene rings is 1. The first-order valence-electron chi connectivity index (χ1n) is 8.29. The highest BCUT2D eigenvalue weighted by atomic mass is 79.9. The highest BCUT2D eigenvalue weighted by molar-refractivity contribution is 9.10. The number of fused-ring (bicyclic) bond motifs is 2. The standard InChI is InChI=1S/C18H21BrClN3O/c1-22(2)12-4-5-15-13(9-12)17(23(3)21-15)16-7-10-6-11(20)8-14(19)18(10)24-16/h6,8,12,16H,4-5,7,9H2,1-3H3. The zero-order chi connectivity index (χ0) is 17.0. The molecular weight excluding hydrogens is 390 g/mol. The topological polar surface area (TPSA) is 30.3 Å². The molecule has 0 bridgehead atoms.